The molecule has 0 radical (unpaired) electrons. The van der Waals surface area contributed by atoms with Crippen LogP contribution in [0.5, 0.6) is 0 Å². The van der Waals surface area contributed by atoms with Crippen molar-refractivity contribution in [3.63, 3.8) is 0 Å². The lowest BCUT2D eigenvalue weighted by molar-refractivity contribution is -0.151. The Morgan fingerprint density at radius 2 is 1.41 bits per heavy atom. The Hall–Kier alpha value is -2.99. The molecule has 2 aromatic rings. The summed E-state index contributed by atoms with van der Waals surface area (Å²) in [6.45, 7) is 1.91. The number of rotatable bonds is 18. The summed E-state index contributed by atoms with van der Waals surface area (Å²) in [5.41, 5.74) is 1.21. The average molecular weight is 528 g/mol. The molecule has 0 saturated carbocycles. The monoisotopic (exact) mass is 527 g/mol. The van der Waals surface area contributed by atoms with E-state index in [0.717, 1.165) is 38.5 Å². The van der Waals surface area contributed by atoms with E-state index in [-0.39, 0.29) is 35.9 Å². The minimum atomic E-state index is -0.538. The van der Waals surface area contributed by atoms with Crippen LogP contribution in [0.4, 0.5) is 5.69 Å². The first kappa shape index (κ1) is 30.2. The fourth-order valence-electron chi connectivity index (χ4n) is 3.98. The third-order valence-electron chi connectivity index (χ3n) is 5.98. The lowest BCUT2D eigenvalue weighted by atomic mass is 10.0. The number of anilines is 1. The van der Waals surface area contributed by atoms with Crippen molar-refractivity contribution in [3.05, 3.63) is 66.2 Å². The number of carbonyl (C=O) groups is 4. The molecule has 200 valence electrons. The number of ether oxygens (including phenoxy) is 1. The van der Waals surface area contributed by atoms with Gasteiger partial charge in [-0.1, -0.05) is 67.8 Å². The van der Waals surface area contributed by atoms with E-state index < -0.39 is 11.9 Å². The number of alkyl halides is 1. The van der Waals surface area contributed by atoms with Crippen LogP contribution in [0.2, 0.25) is 0 Å². The van der Waals surface area contributed by atoms with Crippen LogP contribution in [-0.4, -0.2) is 34.9 Å². The Morgan fingerprint density at radius 1 is 0.784 bits per heavy atom. The molecule has 2 rings (SSSR count). The third kappa shape index (κ3) is 13.8. The van der Waals surface area contributed by atoms with Crippen molar-refractivity contribution in [1.29, 1.82) is 0 Å². The first-order valence-corrected chi connectivity index (χ1v) is 13.6. The number of ketones is 2. The van der Waals surface area contributed by atoms with Gasteiger partial charge in [0, 0.05) is 23.0 Å². The van der Waals surface area contributed by atoms with Gasteiger partial charge in [-0.25, -0.2) is 0 Å². The Morgan fingerprint density at radius 3 is 2.08 bits per heavy atom. The first-order valence-electron chi connectivity index (χ1n) is 13.1. The van der Waals surface area contributed by atoms with Crippen LogP contribution in [0, 0.1) is 0 Å². The van der Waals surface area contributed by atoms with Gasteiger partial charge in [0.2, 0.25) is 5.91 Å². The van der Waals surface area contributed by atoms with Crippen LogP contribution < -0.4 is 5.32 Å². The van der Waals surface area contributed by atoms with Crippen LogP contribution >= 0.6 is 11.6 Å². The van der Waals surface area contributed by atoms with Gasteiger partial charge < -0.3 is 10.1 Å². The molecule has 0 aliphatic carbocycles. The van der Waals surface area contributed by atoms with Crippen molar-refractivity contribution in [3.8, 4) is 0 Å². The molecule has 2 atom stereocenters. The Balaban J connectivity index is 1.62. The standard InChI is InChI=1S/C30H38ClNO5/c1-23(31)19-20-27(37-30(36)22-29(35)32-25-15-9-6-10-16-25)18-12-4-2-3-11-17-26(33)21-28(34)24-13-7-5-8-14-24/h5-10,13-16,23,27H,2-4,11-12,17-22H2,1H3,(H,32,35). The fourth-order valence-corrected chi connectivity index (χ4v) is 4.11. The predicted molar refractivity (Wildman–Crippen MR) is 147 cm³/mol. The molecular weight excluding hydrogens is 490 g/mol. The Bertz CT molecular complexity index is 978. The van der Waals surface area contributed by atoms with Gasteiger partial charge in [-0.05, 0) is 51.2 Å². The highest BCUT2D eigenvalue weighted by Gasteiger charge is 2.18. The highest BCUT2D eigenvalue weighted by atomic mass is 35.5. The van der Waals surface area contributed by atoms with Gasteiger partial charge in [-0.15, -0.1) is 11.6 Å². The zero-order chi connectivity index (χ0) is 26.9. The molecular formula is C30H38ClNO5. The number of Topliss-reactive ketones (excluding diaryl/α,β-unsaturated/α-hetero) is 2. The van der Waals surface area contributed by atoms with Crippen molar-refractivity contribution in [2.45, 2.75) is 89.0 Å². The summed E-state index contributed by atoms with van der Waals surface area (Å²) in [5, 5.41) is 2.67. The second-order valence-electron chi connectivity index (χ2n) is 9.37. The normalized spacial score (nSPS) is 12.4. The summed E-state index contributed by atoms with van der Waals surface area (Å²) < 4.78 is 5.61. The van der Waals surface area contributed by atoms with E-state index in [9.17, 15) is 19.2 Å². The second-order valence-corrected chi connectivity index (χ2v) is 10.1. The molecule has 37 heavy (non-hydrogen) atoms. The molecule has 2 unspecified atom stereocenters. The maximum absolute atomic E-state index is 12.3. The Labute approximate surface area is 225 Å². The van der Waals surface area contributed by atoms with Crippen molar-refractivity contribution in [2.24, 2.45) is 0 Å². The van der Waals surface area contributed by atoms with Crippen LogP contribution in [0.1, 0.15) is 87.9 Å². The van der Waals surface area contributed by atoms with Gasteiger partial charge in [0.05, 0.1) is 6.42 Å². The number of nitrogens with one attached hydrogen (secondary N) is 1. The van der Waals surface area contributed by atoms with E-state index in [2.05, 4.69) is 5.32 Å². The zero-order valence-corrected chi connectivity index (χ0v) is 22.4. The molecule has 0 saturated heterocycles. The van der Waals surface area contributed by atoms with Gasteiger partial charge in [-0.2, -0.15) is 0 Å². The quantitative estimate of drug-likeness (QED) is 0.0748. The van der Waals surface area contributed by atoms with E-state index in [1.54, 1.807) is 36.4 Å². The number of amides is 1. The third-order valence-corrected chi connectivity index (χ3v) is 6.20. The van der Waals surface area contributed by atoms with Gasteiger partial charge in [0.15, 0.2) is 5.78 Å². The number of benzene rings is 2. The molecule has 0 aliphatic rings. The minimum absolute atomic E-state index is 0.0195. The maximum Gasteiger partial charge on any atom is 0.315 e. The van der Waals surface area contributed by atoms with Gasteiger partial charge in [0.25, 0.3) is 0 Å². The average Bonchev–Trinajstić information content (AvgIpc) is 2.87. The number of halogens is 1. The number of esters is 1. The summed E-state index contributed by atoms with van der Waals surface area (Å²) in [4.78, 5) is 48.7. The summed E-state index contributed by atoms with van der Waals surface area (Å²) in [6.07, 6.45) is 6.32. The molecule has 0 heterocycles. The second kappa shape index (κ2) is 17.5. The summed E-state index contributed by atoms with van der Waals surface area (Å²) >= 11 is 6.09. The van der Waals surface area contributed by atoms with Crippen LogP contribution in [0.15, 0.2) is 60.7 Å². The van der Waals surface area contributed by atoms with Crippen LogP contribution in [0.3, 0.4) is 0 Å². The maximum atomic E-state index is 12.3. The molecule has 0 fully saturated rings. The smallest absolute Gasteiger partial charge is 0.315 e. The zero-order valence-electron chi connectivity index (χ0n) is 21.6. The van der Waals surface area contributed by atoms with Gasteiger partial charge in [-0.3, -0.25) is 19.2 Å². The lowest BCUT2D eigenvalue weighted by Crippen LogP contribution is -2.23. The molecule has 2 aromatic carbocycles. The van der Waals surface area contributed by atoms with Gasteiger partial charge >= 0.3 is 5.97 Å². The number of unbranched alkanes of at least 4 members (excludes halogenated alkanes) is 4. The predicted octanol–water partition coefficient (Wildman–Crippen LogP) is 6.91. The highest BCUT2D eigenvalue weighted by Crippen LogP contribution is 2.18. The first-order chi connectivity index (χ1) is 17.8. The number of hydrogen-bond acceptors (Lipinski definition) is 5. The van der Waals surface area contributed by atoms with E-state index in [1.807, 2.05) is 31.2 Å². The van der Waals surface area contributed by atoms with Gasteiger partial charge in [0.1, 0.15) is 18.3 Å². The largest absolute Gasteiger partial charge is 0.462 e. The van der Waals surface area contributed by atoms with Crippen LogP contribution in [-0.2, 0) is 19.1 Å². The molecule has 0 aromatic heterocycles. The SMILES string of the molecule is CC(Cl)CCC(CCCCCCCC(=O)CC(=O)c1ccccc1)OC(=O)CC(=O)Nc1ccccc1. The van der Waals surface area contributed by atoms with Crippen molar-refractivity contribution >= 4 is 40.7 Å². The topological polar surface area (TPSA) is 89.5 Å². The number of para-hydroxylation sites is 1. The summed E-state index contributed by atoms with van der Waals surface area (Å²) in [6, 6.07) is 17.9. The van der Waals surface area contributed by atoms with Crippen molar-refractivity contribution in [1.82, 2.24) is 0 Å². The lowest BCUT2D eigenvalue weighted by Gasteiger charge is -2.18. The van der Waals surface area contributed by atoms with E-state index in [4.69, 9.17) is 16.3 Å². The van der Waals surface area contributed by atoms with E-state index in [1.165, 1.54) is 0 Å². The van der Waals surface area contributed by atoms with Crippen molar-refractivity contribution < 1.29 is 23.9 Å². The molecule has 1 N–H and O–H groups in total. The minimum Gasteiger partial charge on any atom is -0.462 e. The molecule has 1 amide bonds. The number of hydrogen-bond donors (Lipinski definition) is 1. The molecule has 6 nitrogen and oxygen atoms in total. The summed E-state index contributed by atoms with van der Waals surface area (Å²) in [5.74, 6) is -1.09. The van der Waals surface area contributed by atoms with Crippen LogP contribution in [0.25, 0.3) is 0 Å². The van der Waals surface area contributed by atoms with E-state index >= 15 is 0 Å². The van der Waals surface area contributed by atoms with E-state index in [0.29, 0.717) is 30.5 Å². The molecule has 0 spiro atoms. The fraction of sp³-hybridized carbons (Fsp3) is 0.467. The molecule has 0 bridgehead atoms. The number of carbonyl (C=O) groups excluding carboxylic acids is 4. The molecule has 0 aliphatic heterocycles. The molecule has 7 heteroatoms. The highest BCUT2D eigenvalue weighted by molar-refractivity contribution is 6.20. The Kier molecular flexibility index (Phi) is 14.3. The summed E-state index contributed by atoms with van der Waals surface area (Å²) in [7, 11) is 0. The van der Waals surface area contributed by atoms with Crippen molar-refractivity contribution in [2.75, 3.05) is 5.32 Å².